The number of carbonyl (C=O) groups excluding carboxylic acids is 1. The van der Waals surface area contributed by atoms with Crippen LogP contribution in [-0.4, -0.2) is 15.8 Å². The van der Waals surface area contributed by atoms with Crippen molar-refractivity contribution in [3.8, 4) is 17.5 Å². The maximum atomic E-state index is 14.5. The number of ketones is 1. The molecule has 0 fully saturated rings. The summed E-state index contributed by atoms with van der Waals surface area (Å²) in [5, 5.41) is 9.26. The predicted octanol–water partition coefficient (Wildman–Crippen LogP) is 4.34. The van der Waals surface area contributed by atoms with Gasteiger partial charge >= 0.3 is 0 Å². The Labute approximate surface area is 158 Å². The van der Waals surface area contributed by atoms with Crippen molar-refractivity contribution in [2.24, 2.45) is 0 Å². The fourth-order valence-electron chi connectivity index (χ4n) is 3.85. The van der Waals surface area contributed by atoms with Crippen LogP contribution in [0.1, 0.15) is 27.0 Å². The third kappa shape index (κ3) is 1.98. The van der Waals surface area contributed by atoms with Gasteiger partial charge in [0.15, 0.2) is 17.4 Å². The topological polar surface area (TPSA) is 66.6 Å². The molecule has 28 heavy (non-hydrogen) atoms. The van der Waals surface area contributed by atoms with Gasteiger partial charge in [-0.15, -0.1) is 0 Å². The molecule has 2 aromatic heterocycles. The number of hydrogen-bond acceptors (Lipinski definition) is 4. The lowest BCUT2D eigenvalue weighted by Crippen LogP contribution is -2.03. The smallest absolute Gasteiger partial charge is 0.198 e. The number of aromatic nitrogens is 2. The van der Waals surface area contributed by atoms with Gasteiger partial charge in [0, 0.05) is 46.3 Å². The molecular formula is C22H9F2N3O. The highest BCUT2D eigenvalue weighted by Crippen LogP contribution is 2.49. The number of hydrogen-bond donors (Lipinski definition) is 0. The highest BCUT2D eigenvalue weighted by Gasteiger charge is 2.39. The van der Waals surface area contributed by atoms with Crippen LogP contribution in [0.4, 0.5) is 8.78 Å². The summed E-state index contributed by atoms with van der Waals surface area (Å²) in [6.45, 7) is 0. The van der Waals surface area contributed by atoms with Crippen LogP contribution in [0.2, 0.25) is 0 Å². The van der Waals surface area contributed by atoms with Crippen LogP contribution >= 0.6 is 0 Å². The average Bonchev–Trinajstić information content (AvgIpc) is 3.18. The fourth-order valence-corrected chi connectivity index (χ4v) is 3.85. The minimum absolute atomic E-state index is 0.155. The van der Waals surface area contributed by atoms with Crippen molar-refractivity contribution in [1.29, 1.82) is 5.26 Å². The number of pyridine rings is 2. The predicted molar refractivity (Wildman–Crippen MR) is 97.8 cm³/mol. The highest BCUT2D eigenvalue weighted by molar-refractivity contribution is 6.32. The number of allylic oxidation sites excluding steroid dienone is 3. The van der Waals surface area contributed by atoms with Crippen molar-refractivity contribution in [2.45, 2.75) is 0 Å². The molecule has 0 saturated carbocycles. The van der Waals surface area contributed by atoms with Crippen molar-refractivity contribution in [1.82, 2.24) is 9.97 Å². The van der Waals surface area contributed by atoms with E-state index in [0.29, 0.717) is 28.1 Å². The Kier molecular flexibility index (Phi) is 3.34. The summed E-state index contributed by atoms with van der Waals surface area (Å²) in [4.78, 5) is 22.0. The van der Waals surface area contributed by atoms with E-state index in [4.69, 9.17) is 0 Å². The Morgan fingerprint density at radius 2 is 1.54 bits per heavy atom. The maximum absolute atomic E-state index is 14.5. The van der Waals surface area contributed by atoms with E-state index in [1.807, 2.05) is 6.07 Å². The monoisotopic (exact) mass is 369 g/mol. The molecule has 5 rings (SSSR count). The van der Waals surface area contributed by atoms with Crippen molar-refractivity contribution in [3.05, 3.63) is 94.3 Å². The Bertz CT molecular complexity index is 1270. The van der Waals surface area contributed by atoms with Gasteiger partial charge in [0.2, 0.25) is 0 Å². The molecule has 3 aromatic rings. The summed E-state index contributed by atoms with van der Waals surface area (Å²) in [5.41, 5.74) is 3.33. The number of rotatable bonds is 0. The number of halogens is 2. The number of carbonyl (C=O) groups is 1. The second-order valence-electron chi connectivity index (χ2n) is 6.35. The molecule has 2 aliphatic rings. The molecule has 0 spiro atoms. The van der Waals surface area contributed by atoms with Crippen molar-refractivity contribution in [3.63, 3.8) is 0 Å². The van der Waals surface area contributed by atoms with E-state index in [1.165, 1.54) is 12.1 Å². The molecule has 0 unspecified atom stereocenters. The van der Waals surface area contributed by atoms with Crippen LogP contribution in [0.25, 0.3) is 22.5 Å². The van der Waals surface area contributed by atoms with Gasteiger partial charge in [-0.25, -0.2) is 8.78 Å². The summed E-state index contributed by atoms with van der Waals surface area (Å²) < 4.78 is 28.3. The molecule has 4 nitrogen and oxygen atoms in total. The van der Waals surface area contributed by atoms with Gasteiger partial charge in [-0.2, -0.15) is 5.26 Å². The first-order valence-corrected chi connectivity index (χ1v) is 8.42. The zero-order valence-electron chi connectivity index (χ0n) is 14.2. The second kappa shape index (κ2) is 5.76. The van der Waals surface area contributed by atoms with Gasteiger partial charge in [-0.3, -0.25) is 14.8 Å². The molecule has 6 heteroatoms. The van der Waals surface area contributed by atoms with Gasteiger partial charge < -0.3 is 0 Å². The van der Waals surface area contributed by atoms with Crippen LogP contribution in [0, 0.1) is 23.0 Å². The summed E-state index contributed by atoms with van der Waals surface area (Å²) in [7, 11) is 0. The molecule has 0 aliphatic heterocycles. The lowest BCUT2D eigenvalue weighted by Gasteiger charge is -2.08. The lowest BCUT2D eigenvalue weighted by atomic mass is 9.93. The van der Waals surface area contributed by atoms with E-state index in [2.05, 4.69) is 9.97 Å². The fraction of sp³-hybridized carbons (Fsp3) is 0. The van der Waals surface area contributed by atoms with Crippen LogP contribution in [0.3, 0.4) is 0 Å². The first-order chi connectivity index (χ1) is 13.6. The SMILES string of the molecule is N#C/C=C1/C(=C2c3cccnc3-c3ncccc32)C(=O)c2c1ccc(F)c2F. The minimum Gasteiger partial charge on any atom is -0.288 e. The first kappa shape index (κ1) is 16.2. The molecule has 0 N–H and O–H groups in total. The molecule has 2 heterocycles. The normalized spacial score (nSPS) is 15.5. The largest absolute Gasteiger partial charge is 0.288 e. The number of fused-ring (bicyclic) bond motifs is 4. The van der Waals surface area contributed by atoms with Gasteiger partial charge in [-0.1, -0.05) is 18.2 Å². The Morgan fingerprint density at radius 3 is 2.14 bits per heavy atom. The quantitative estimate of drug-likeness (QED) is 0.342. The molecule has 0 amide bonds. The number of nitrogens with zero attached hydrogens (tertiary/aromatic N) is 3. The lowest BCUT2D eigenvalue weighted by molar-refractivity contribution is 0.103. The van der Waals surface area contributed by atoms with Crippen molar-refractivity contribution >= 4 is 16.9 Å². The number of benzene rings is 1. The van der Waals surface area contributed by atoms with Crippen molar-refractivity contribution < 1.29 is 13.6 Å². The Hall–Kier alpha value is -3.98. The number of nitriles is 1. The van der Waals surface area contributed by atoms with Crippen LogP contribution in [0.5, 0.6) is 0 Å². The van der Waals surface area contributed by atoms with Gasteiger partial charge in [0.05, 0.1) is 23.0 Å². The standard InChI is InChI=1S/C22H9F2N3O/c23-15-6-5-11-12(7-8-25)17(22(28)18(11)19(15)24)16-13-3-1-9-26-20(13)21-14(16)4-2-10-27-21/h1-7,9-10H/b12-7+. The van der Waals surface area contributed by atoms with Crippen LogP contribution < -0.4 is 0 Å². The molecular weight excluding hydrogens is 360 g/mol. The zero-order valence-corrected chi connectivity index (χ0v) is 14.2. The van der Waals surface area contributed by atoms with E-state index in [0.717, 1.165) is 6.07 Å². The summed E-state index contributed by atoms with van der Waals surface area (Å²) in [6, 6.07) is 11.2. The Balaban J connectivity index is 1.93. The molecule has 0 radical (unpaired) electrons. The van der Waals surface area contributed by atoms with E-state index >= 15 is 0 Å². The average molecular weight is 369 g/mol. The molecule has 0 bridgehead atoms. The maximum Gasteiger partial charge on any atom is 0.198 e. The van der Waals surface area contributed by atoms with Gasteiger partial charge in [0.1, 0.15) is 0 Å². The van der Waals surface area contributed by atoms with E-state index in [1.54, 1.807) is 36.7 Å². The third-order valence-corrected chi connectivity index (χ3v) is 4.95. The molecule has 0 saturated heterocycles. The second-order valence-corrected chi connectivity index (χ2v) is 6.35. The van der Waals surface area contributed by atoms with E-state index < -0.39 is 17.4 Å². The summed E-state index contributed by atoms with van der Waals surface area (Å²) in [5.74, 6) is -2.97. The van der Waals surface area contributed by atoms with Gasteiger partial charge in [0.25, 0.3) is 0 Å². The van der Waals surface area contributed by atoms with Gasteiger partial charge in [-0.05, 0) is 23.8 Å². The minimum atomic E-state index is -1.21. The van der Waals surface area contributed by atoms with E-state index in [-0.39, 0.29) is 22.3 Å². The highest BCUT2D eigenvalue weighted by atomic mass is 19.2. The van der Waals surface area contributed by atoms with E-state index in [9.17, 15) is 18.8 Å². The Morgan fingerprint density at radius 1 is 0.893 bits per heavy atom. The summed E-state index contributed by atoms with van der Waals surface area (Å²) in [6.07, 6.45) is 4.43. The van der Waals surface area contributed by atoms with Crippen LogP contribution in [0.15, 0.2) is 60.4 Å². The molecule has 2 aliphatic carbocycles. The zero-order chi connectivity index (χ0) is 19.4. The third-order valence-electron chi connectivity index (χ3n) is 4.95. The first-order valence-electron chi connectivity index (χ1n) is 8.42. The van der Waals surface area contributed by atoms with Crippen LogP contribution in [-0.2, 0) is 0 Å². The summed E-state index contributed by atoms with van der Waals surface area (Å²) >= 11 is 0. The number of Topliss-reactive ketones (excluding diaryl/α,β-unsaturated/α-hetero) is 1. The van der Waals surface area contributed by atoms with Crippen molar-refractivity contribution in [2.75, 3.05) is 0 Å². The molecule has 0 atom stereocenters. The molecule has 1 aromatic carbocycles. The molecule has 132 valence electrons.